The number of benzene rings is 1. The maximum absolute atomic E-state index is 6.35. The quantitative estimate of drug-likeness (QED) is 0.907. The van der Waals surface area contributed by atoms with Gasteiger partial charge in [0.15, 0.2) is 0 Å². The molecule has 0 unspecified atom stereocenters. The molecule has 0 radical (unpaired) electrons. The maximum Gasteiger partial charge on any atom is 0.128 e. The Morgan fingerprint density at radius 3 is 2.68 bits per heavy atom. The van der Waals surface area contributed by atoms with Crippen LogP contribution in [-0.4, -0.2) is 37.6 Å². The van der Waals surface area contributed by atoms with Crippen molar-refractivity contribution in [3.05, 3.63) is 23.9 Å². The third-order valence-electron chi connectivity index (χ3n) is 4.12. The molecule has 0 bridgehead atoms. The molecular formula is C16H21N3O3. The van der Waals surface area contributed by atoms with E-state index in [1.165, 1.54) is 0 Å². The molecule has 1 aliphatic heterocycles. The molecule has 1 aromatic heterocycles. The summed E-state index contributed by atoms with van der Waals surface area (Å²) in [6.07, 6.45) is 1.92. The first kappa shape index (κ1) is 14.7. The van der Waals surface area contributed by atoms with E-state index in [9.17, 15) is 0 Å². The first-order valence-corrected chi connectivity index (χ1v) is 7.38. The van der Waals surface area contributed by atoms with Crippen LogP contribution in [0.25, 0.3) is 11.3 Å². The molecule has 2 aromatic rings. The Kier molecular flexibility index (Phi) is 4.20. The number of ether oxygens (including phenoxy) is 3. The summed E-state index contributed by atoms with van der Waals surface area (Å²) in [5.41, 5.74) is 9.55. The highest BCUT2D eigenvalue weighted by atomic mass is 16.5. The van der Waals surface area contributed by atoms with E-state index in [0.29, 0.717) is 17.3 Å². The number of anilines is 1. The molecule has 3 rings (SSSR count). The summed E-state index contributed by atoms with van der Waals surface area (Å²) >= 11 is 0. The van der Waals surface area contributed by atoms with E-state index in [1.807, 2.05) is 18.2 Å². The molecule has 1 aromatic carbocycles. The lowest BCUT2D eigenvalue weighted by Crippen LogP contribution is -2.15. The lowest BCUT2D eigenvalue weighted by molar-refractivity contribution is 0.0846. The van der Waals surface area contributed by atoms with Gasteiger partial charge in [0.2, 0.25) is 0 Å². The molecule has 1 aliphatic rings. The van der Waals surface area contributed by atoms with E-state index in [0.717, 1.165) is 48.8 Å². The summed E-state index contributed by atoms with van der Waals surface area (Å²) in [5, 5.41) is 7.52. The Morgan fingerprint density at radius 1 is 1.23 bits per heavy atom. The van der Waals surface area contributed by atoms with Crippen LogP contribution in [0.15, 0.2) is 18.2 Å². The number of hydrogen-bond acceptors (Lipinski definition) is 5. The van der Waals surface area contributed by atoms with Gasteiger partial charge in [-0.2, -0.15) is 5.10 Å². The average Bonchev–Trinajstić information content (AvgIpc) is 2.96. The fraction of sp³-hybridized carbons (Fsp3) is 0.438. The van der Waals surface area contributed by atoms with Gasteiger partial charge in [-0.3, -0.25) is 5.10 Å². The molecular weight excluding hydrogens is 282 g/mol. The van der Waals surface area contributed by atoms with Crippen molar-refractivity contribution in [3.63, 3.8) is 0 Å². The van der Waals surface area contributed by atoms with Crippen molar-refractivity contribution in [2.45, 2.75) is 18.8 Å². The van der Waals surface area contributed by atoms with Crippen LogP contribution in [0.2, 0.25) is 0 Å². The van der Waals surface area contributed by atoms with E-state index < -0.39 is 0 Å². The Bertz CT molecular complexity index is 648. The zero-order chi connectivity index (χ0) is 15.5. The molecule has 0 saturated carbocycles. The van der Waals surface area contributed by atoms with Crippen LogP contribution in [0, 0.1) is 0 Å². The summed E-state index contributed by atoms with van der Waals surface area (Å²) < 4.78 is 16.1. The zero-order valence-electron chi connectivity index (χ0n) is 12.9. The van der Waals surface area contributed by atoms with Gasteiger partial charge < -0.3 is 19.9 Å². The topological polar surface area (TPSA) is 82.4 Å². The van der Waals surface area contributed by atoms with Crippen LogP contribution in [-0.2, 0) is 4.74 Å². The summed E-state index contributed by atoms with van der Waals surface area (Å²) in [4.78, 5) is 0. The minimum Gasteiger partial charge on any atom is -0.497 e. The van der Waals surface area contributed by atoms with Gasteiger partial charge in [-0.05, 0) is 31.0 Å². The minimum absolute atomic E-state index is 0.367. The van der Waals surface area contributed by atoms with Gasteiger partial charge in [-0.15, -0.1) is 0 Å². The van der Waals surface area contributed by atoms with Crippen LogP contribution < -0.4 is 15.2 Å². The summed E-state index contributed by atoms with van der Waals surface area (Å²) in [5.74, 6) is 1.83. The number of aromatic amines is 1. The third kappa shape index (κ3) is 2.62. The fourth-order valence-corrected chi connectivity index (χ4v) is 2.87. The van der Waals surface area contributed by atoms with Crippen molar-refractivity contribution in [1.82, 2.24) is 10.2 Å². The van der Waals surface area contributed by atoms with Gasteiger partial charge in [-0.1, -0.05) is 0 Å². The number of hydrogen-bond donors (Lipinski definition) is 2. The smallest absolute Gasteiger partial charge is 0.128 e. The van der Waals surface area contributed by atoms with Gasteiger partial charge in [-0.25, -0.2) is 0 Å². The molecule has 1 fully saturated rings. The van der Waals surface area contributed by atoms with Gasteiger partial charge in [0, 0.05) is 24.7 Å². The van der Waals surface area contributed by atoms with Crippen LogP contribution in [0.1, 0.15) is 24.5 Å². The first-order valence-electron chi connectivity index (χ1n) is 7.38. The number of methoxy groups -OCH3 is 2. The zero-order valence-corrected chi connectivity index (χ0v) is 12.9. The molecule has 6 heteroatoms. The monoisotopic (exact) mass is 303 g/mol. The van der Waals surface area contributed by atoms with Gasteiger partial charge >= 0.3 is 0 Å². The van der Waals surface area contributed by atoms with Crippen molar-refractivity contribution < 1.29 is 14.2 Å². The van der Waals surface area contributed by atoms with Crippen molar-refractivity contribution in [3.8, 4) is 22.8 Å². The normalized spacial score (nSPS) is 15.7. The predicted molar refractivity (Wildman–Crippen MR) is 84.3 cm³/mol. The average molecular weight is 303 g/mol. The second-order valence-corrected chi connectivity index (χ2v) is 5.35. The summed E-state index contributed by atoms with van der Waals surface area (Å²) in [7, 11) is 3.26. The Hall–Kier alpha value is -2.21. The molecule has 6 nitrogen and oxygen atoms in total. The lowest BCUT2D eigenvalue weighted by Gasteiger charge is -2.21. The van der Waals surface area contributed by atoms with E-state index in [-0.39, 0.29) is 0 Å². The summed E-state index contributed by atoms with van der Waals surface area (Å²) in [6.45, 7) is 1.53. The molecule has 0 spiro atoms. The highest BCUT2D eigenvalue weighted by Gasteiger charge is 2.24. The van der Waals surface area contributed by atoms with E-state index in [1.54, 1.807) is 14.2 Å². The third-order valence-corrected chi connectivity index (χ3v) is 4.12. The van der Waals surface area contributed by atoms with Crippen molar-refractivity contribution in [1.29, 1.82) is 0 Å². The standard InChI is InChI=1S/C16H21N3O3/c1-20-11-3-4-13(21-2)12(9-11)16-14(17)15(18-19-16)10-5-7-22-8-6-10/h3-4,9-10H,5-8,17H2,1-2H3,(H,18,19). The first-order chi connectivity index (χ1) is 10.7. The molecule has 3 N–H and O–H groups in total. The van der Waals surface area contributed by atoms with Crippen molar-refractivity contribution >= 4 is 5.69 Å². The molecule has 0 amide bonds. The Morgan fingerprint density at radius 2 is 2.00 bits per heavy atom. The number of nitrogen functional groups attached to an aromatic ring is 1. The van der Waals surface area contributed by atoms with E-state index in [2.05, 4.69) is 10.2 Å². The van der Waals surface area contributed by atoms with Crippen LogP contribution in [0.3, 0.4) is 0 Å². The molecule has 22 heavy (non-hydrogen) atoms. The van der Waals surface area contributed by atoms with Crippen LogP contribution in [0.4, 0.5) is 5.69 Å². The molecule has 2 heterocycles. The number of rotatable bonds is 4. The van der Waals surface area contributed by atoms with Crippen LogP contribution >= 0.6 is 0 Å². The predicted octanol–water partition coefficient (Wildman–Crippen LogP) is 2.57. The second-order valence-electron chi connectivity index (χ2n) is 5.35. The SMILES string of the molecule is COc1ccc(OC)c(-c2n[nH]c(C3CCOCC3)c2N)c1. The van der Waals surface area contributed by atoms with Crippen molar-refractivity contribution in [2.75, 3.05) is 33.2 Å². The highest BCUT2D eigenvalue weighted by molar-refractivity contribution is 5.79. The molecule has 0 atom stereocenters. The van der Waals surface area contributed by atoms with Gasteiger partial charge in [0.25, 0.3) is 0 Å². The number of nitrogens with two attached hydrogens (primary N) is 1. The van der Waals surface area contributed by atoms with E-state index in [4.69, 9.17) is 19.9 Å². The van der Waals surface area contributed by atoms with Crippen molar-refractivity contribution in [2.24, 2.45) is 0 Å². The largest absolute Gasteiger partial charge is 0.497 e. The fourth-order valence-electron chi connectivity index (χ4n) is 2.87. The molecule has 118 valence electrons. The number of H-pyrrole nitrogens is 1. The number of nitrogens with one attached hydrogen (secondary N) is 1. The molecule has 0 aliphatic carbocycles. The molecule has 1 saturated heterocycles. The second kappa shape index (κ2) is 6.27. The van der Waals surface area contributed by atoms with Crippen LogP contribution in [0.5, 0.6) is 11.5 Å². The minimum atomic E-state index is 0.367. The van der Waals surface area contributed by atoms with Gasteiger partial charge in [0.05, 0.1) is 25.6 Å². The maximum atomic E-state index is 6.35. The summed E-state index contributed by atoms with van der Waals surface area (Å²) in [6, 6.07) is 5.60. The number of nitrogens with zero attached hydrogens (tertiary/aromatic N) is 1. The lowest BCUT2D eigenvalue weighted by atomic mass is 9.94. The Labute approximate surface area is 129 Å². The highest BCUT2D eigenvalue weighted by Crippen LogP contribution is 2.39. The van der Waals surface area contributed by atoms with Gasteiger partial charge in [0.1, 0.15) is 17.2 Å². The number of aromatic nitrogens is 2. The Balaban J connectivity index is 2.00. The van der Waals surface area contributed by atoms with E-state index >= 15 is 0 Å².